The van der Waals surface area contributed by atoms with Gasteiger partial charge in [0.25, 0.3) is 0 Å². The zero-order valence-electron chi connectivity index (χ0n) is 23.7. The van der Waals surface area contributed by atoms with Gasteiger partial charge < -0.3 is 25.8 Å². The fraction of sp³-hybridized carbons (Fsp3) is 0.406. The fourth-order valence-corrected chi connectivity index (χ4v) is 6.06. The van der Waals surface area contributed by atoms with Crippen molar-refractivity contribution < 1.29 is 33.5 Å². The van der Waals surface area contributed by atoms with Gasteiger partial charge in [0.05, 0.1) is 5.56 Å². The molecule has 3 aliphatic rings. The molecule has 1 unspecified atom stereocenters. The molecule has 3 aromatic rings. The molecular weight excluding hydrogens is 555 g/mol. The number of hydrogen-bond donors (Lipinski definition) is 5. The Hall–Kier alpha value is -3.20. The number of phenolic OH excluding ortho intramolecular Hbond substituents is 1. The lowest BCUT2D eigenvalue weighted by Gasteiger charge is -2.30. The lowest BCUT2D eigenvalue weighted by molar-refractivity contribution is 0.0251. The predicted octanol–water partition coefficient (Wildman–Crippen LogP) is 5.88. The molecular formula is C32H41N2O7P. The Morgan fingerprint density at radius 2 is 1.21 bits per heavy atom. The molecule has 7 N–H and O–H groups in total. The lowest BCUT2D eigenvalue weighted by Crippen LogP contribution is -2.29. The average molecular weight is 597 g/mol. The number of benzene rings is 3. The van der Waals surface area contributed by atoms with Gasteiger partial charge in [-0.15, -0.1) is 0 Å². The number of rotatable bonds is 4. The lowest BCUT2D eigenvalue weighted by atomic mass is 9.80. The molecule has 6 rings (SSSR count). The SMILES string of the molecule is NC1CCCCC1.NC1CCCCC1.O=C1OC(c2ccc(O)cc2)(c2ccc(OP(=O)(O)O)cc2)c2ccccc21. The maximum Gasteiger partial charge on any atom is 0.524 e. The number of phosphoric ester groups is 1. The zero-order valence-corrected chi connectivity index (χ0v) is 24.6. The zero-order chi connectivity index (χ0) is 30.2. The topological polar surface area (TPSA) is 165 Å². The van der Waals surface area contributed by atoms with E-state index >= 15 is 0 Å². The summed E-state index contributed by atoms with van der Waals surface area (Å²) in [4.78, 5) is 30.5. The first-order valence-electron chi connectivity index (χ1n) is 14.6. The molecule has 42 heavy (non-hydrogen) atoms. The van der Waals surface area contributed by atoms with Crippen molar-refractivity contribution in [2.45, 2.75) is 81.9 Å². The number of aromatic hydroxyl groups is 1. The second-order valence-electron chi connectivity index (χ2n) is 11.1. The minimum Gasteiger partial charge on any atom is -0.508 e. The number of phenols is 1. The van der Waals surface area contributed by atoms with Crippen LogP contribution in [-0.2, 0) is 14.9 Å². The van der Waals surface area contributed by atoms with Crippen molar-refractivity contribution >= 4 is 13.8 Å². The number of carbonyl (C=O) groups is 1. The van der Waals surface area contributed by atoms with E-state index in [1.807, 2.05) is 0 Å². The van der Waals surface area contributed by atoms with Crippen LogP contribution in [0.1, 0.15) is 91.3 Å². The highest BCUT2D eigenvalue weighted by Crippen LogP contribution is 2.48. The molecule has 2 aliphatic carbocycles. The van der Waals surface area contributed by atoms with E-state index in [2.05, 4.69) is 4.52 Å². The van der Waals surface area contributed by atoms with E-state index in [1.54, 1.807) is 48.5 Å². The Balaban J connectivity index is 0.000000235. The van der Waals surface area contributed by atoms with E-state index in [1.165, 1.54) is 88.5 Å². The molecule has 0 amide bonds. The number of hydrogen-bond acceptors (Lipinski definition) is 7. The third-order valence-corrected chi connectivity index (χ3v) is 8.28. The van der Waals surface area contributed by atoms with Crippen LogP contribution in [0.2, 0.25) is 0 Å². The van der Waals surface area contributed by atoms with Crippen molar-refractivity contribution in [3.05, 3.63) is 95.1 Å². The maximum absolute atomic E-state index is 12.5. The summed E-state index contributed by atoms with van der Waals surface area (Å²) in [5, 5.41) is 9.65. The number of phosphoric acid groups is 1. The van der Waals surface area contributed by atoms with Gasteiger partial charge in [0.15, 0.2) is 5.60 Å². The summed E-state index contributed by atoms with van der Waals surface area (Å²) in [7, 11) is -4.68. The summed E-state index contributed by atoms with van der Waals surface area (Å²) in [6.45, 7) is 0. The van der Waals surface area contributed by atoms with Crippen molar-refractivity contribution in [1.29, 1.82) is 0 Å². The van der Waals surface area contributed by atoms with E-state index in [0.29, 0.717) is 34.3 Å². The highest BCUT2D eigenvalue weighted by Gasteiger charge is 2.48. The summed E-state index contributed by atoms with van der Waals surface area (Å²) in [5.41, 5.74) is 12.2. The number of esters is 1. The molecule has 0 aromatic heterocycles. The normalized spacial score (nSPS) is 20.7. The number of fused-ring (bicyclic) bond motifs is 1. The third kappa shape index (κ3) is 8.21. The fourth-order valence-electron chi connectivity index (χ4n) is 5.66. The van der Waals surface area contributed by atoms with Crippen LogP contribution < -0.4 is 16.0 Å². The van der Waals surface area contributed by atoms with Crippen molar-refractivity contribution in [2.24, 2.45) is 11.5 Å². The van der Waals surface area contributed by atoms with Gasteiger partial charge in [0.2, 0.25) is 0 Å². The smallest absolute Gasteiger partial charge is 0.508 e. The largest absolute Gasteiger partial charge is 0.524 e. The molecule has 10 heteroatoms. The molecule has 0 spiro atoms. The van der Waals surface area contributed by atoms with E-state index in [-0.39, 0.29) is 11.5 Å². The molecule has 1 atom stereocenters. The number of ether oxygens (including phenoxy) is 1. The molecule has 2 saturated carbocycles. The van der Waals surface area contributed by atoms with Crippen LogP contribution in [0, 0.1) is 0 Å². The minimum absolute atomic E-state index is 0.0180. The van der Waals surface area contributed by atoms with E-state index < -0.39 is 19.4 Å². The minimum atomic E-state index is -4.68. The highest BCUT2D eigenvalue weighted by molar-refractivity contribution is 7.46. The monoisotopic (exact) mass is 596 g/mol. The summed E-state index contributed by atoms with van der Waals surface area (Å²) in [6.07, 6.45) is 13.3. The van der Waals surface area contributed by atoms with Gasteiger partial charge in [-0.3, -0.25) is 9.79 Å². The molecule has 9 nitrogen and oxygen atoms in total. The van der Waals surface area contributed by atoms with Crippen molar-refractivity contribution in [3.63, 3.8) is 0 Å². The van der Waals surface area contributed by atoms with Crippen molar-refractivity contribution in [2.75, 3.05) is 0 Å². The molecule has 1 heterocycles. The standard InChI is InChI=1S/C20H15O7P.2C6H13N/c21-15-9-5-13(6-10-15)20(18-4-2-1-3-17(18)19(22)26-20)14-7-11-16(12-8-14)27-28(23,24)25;2*7-6-4-2-1-3-5-6/h1-12,21H,(H2,23,24,25);2*6H,1-5,7H2. The van der Waals surface area contributed by atoms with Crippen LogP contribution in [0.5, 0.6) is 11.5 Å². The van der Waals surface area contributed by atoms with Gasteiger partial charge in [-0.2, -0.15) is 0 Å². The van der Waals surface area contributed by atoms with Crippen LogP contribution in [0.4, 0.5) is 0 Å². The van der Waals surface area contributed by atoms with Gasteiger partial charge in [0, 0.05) is 28.8 Å². The van der Waals surface area contributed by atoms with Crippen LogP contribution in [0.15, 0.2) is 72.8 Å². The second-order valence-corrected chi connectivity index (χ2v) is 12.2. The molecule has 0 saturated heterocycles. The average Bonchev–Trinajstić information content (AvgIpc) is 3.28. The van der Waals surface area contributed by atoms with Gasteiger partial charge in [0.1, 0.15) is 11.5 Å². The number of carbonyl (C=O) groups excluding carboxylic acids is 1. The van der Waals surface area contributed by atoms with Gasteiger partial charge in [-0.1, -0.05) is 81.0 Å². The molecule has 2 fully saturated rings. The predicted molar refractivity (Wildman–Crippen MR) is 161 cm³/mol. The van der Waals surface area contributed by atoms with E-state index in [9.17, 15) is 14.5 Å². The molecule has 226 valence electrons. The van der Waals surface area contributed by atoms with Crippen LogP contribution in [0.3, 0.4) is 0 Å². The Kier molecular flexibility index (Phi) is 10.8. The quantitative estimate of drug-likeness (QED) is 0.183. The first kappa shape index (κ1) is 31.7. The first-order chi connectivity index (χ1) is 20.1. The van der Waals surface area contributed by atoms with Gasteiger partial charge in [-0.25, -0.2) is 9.36 Å². The Bertz CT molecular complexity index is 1330. The maximum atomic E-state index is 12.5. The summed E-state index contributed by atoms with van der Waals surface area (Å²) < 4.78 is 21.5. The summed E-state index contributed by atoms with van der Waals surface area (Å²) >= 11 is 0. The van der Waals surface area contributed by atoms with Crippen LogP contribution >= 0.6 is 7.82 Å². The Morgan fingerprint density at radius 3 is 1.67 bits per heavy atom. The molecule has 0 radical (unpaired) electrons. The first-order valence-corrected chi connectivity index (χ1v) is 16.1. The third-order valence-electron chi connectivity index (χ3n) is 7.83. The Morgan fingerprint density at radius 1 is 0.738 bits per heavy atom. The van der Waals surface area contributed by atoms with Crippen molar-refractivity contribution in [3.8, 4) is 11.5 Å². The second kappa shape index (κ2) is 14.3. The van der Waals surface area contributed by atoms with E-state index in [4.69, 9.17) is 26.0 Å². The van der Waals surface area contributed by atoms with Crippen LogP contribution in [-0.4, -0.2) is 32.9 Å². The highest BCUT2D eigenvalue weighted by atomic mass is 31.2. The van der Waals surface area contributed by atoms with Gasteiger partial charge in [-0.05, 0) is 56.0 Å². The molecule has 0 bridgehead atoms. The van der Waals surface area contributed by atoms with Crippen LogP contribution in [0.25, 0.3) is 0 Å². The Labute approximate surface area is 247 Å². The summed E-state index contributed by atoms with van der Waals surface area (Å²) in [6, 6.07) is 20.3. The summed E-state index contributed by atoms with van der Waals surface area (Å²) in [5.74, 6) is -0.434. The number of cyclic esters (lactones) is 1. The van der Waals surface area contributed by atoms with Crippen molar-refractivity contribution in [1.82, 2.24) is 0 Å². The number of nitrogens with two attached hydrogens (primary N) is 2. The van der Waals surface area contributed by atoms with E-state index in [0.717, 1.165) is 0 Å². The van der Waals surface area contributed by atoms with Gasteiger partial charge >= 0.3 is 13.8 Å². The molecule has 1 aliphatic heterocycles. The molecule has 3 aromatic carbocycles.